The van der Waals surface area contributed by atoms with E-state index in [2.05, 4.69) is 6.07 Å². The molecule has 0 radical (unpaired) electrons. The summed E-state index contributed by atoms with van der Waals surface area (Å²) < 4.78 is 16.0. The van der Waals surface area contributed by atoms with E-state index >= 15 is 0 Å². The fourth-order valence-corrected chi connectivity index (χ4v) is 2.88. The van der Waals surface area contributed by atoms with Crippen LogP contribution in [0.2, 0.25) is 5.02 Å². The third-order valence-electron chi connectivity index (χ3n) is 3.67. The molecule has 0 bridgehead atoms. The molecule has 2 nitrogen and oxygen atoms in total. The average Bonchev–Trinajstić information content (AvgIpc) is 2.82. The summed E-state index contributed by atoms with van der Waals surface area (Å²) in [6.07, 6.45) is 2.85. The van der Waals surface area contributed by atoms with Gasteiger partial charge in [-0.3, -0.25) is 0 Å². The molecular weight excluding hydrogens is 287 g/mol. The lowest BCUT2D eigenvalue weighted by atomic mass is 10.1. The average molecular weight is 303 g/mol. The zero-order valence-electron chi connectivity index (χ0n) is 11.5. The van der Waals surface area contributed by atoms with Crippen LogP contribution in [-0.2, 0) is 13.0 Å². The number of nitrogens with two attached hydrogens (primary N) is 1. The van der Waals surface area contributed by atoms with Gasteiger partial charge in [0.2, 0.25) is 0 Å². The second kappa shape index (κ2) is 5.88. The van der Waals surface area contributed by atoms with Crippen molar-refractivity contribution in [2.45, 2.75) is 13.0 Å². The van der Waals surface area contributed by atoms with Crippen molar-refractivity contribution in [2.75, 3.05) is 6.54 Å². The molecule has 21 heavy (non-hydrogen) atoms. The molecule has 2 N–H and O–H groups in total. The summed E-state index contributed by atoms with van der Waals surface area (Å²) in [5, 5.41) is 1.61. The van der Waals surface area contributed by atoms with Crippen molar-refractivity contribution < 1.29 is 4.39 Å². The fraction of sp³-hybridized carbons (Fsp3) is 0.176. The van der Waals surface area contributed by atoms with Crippen LogP contribution in [-0.4, -0.2) is 11.1 Å². The molecule has 0 fully saturated rings. The molecule has 0 amide bonds. The summed E-state index contributed by atoms with van der Waals surface area (Å²) in [5.74, 6) is -0.277. The first-order chi connectivity index (χ1) is 10.2. The minimum absolute atomic E-state index is 0.277. The Morgan fingerprint density at radius 2 is 1.90 bits per heavy atom. The predicted molar refractivity (Wildman–Crippen MR) is 85.2 cm³/mol. The van der Waals surface area contributed by atoms with Gasteiger partial charge >= 0.3 is 0 Å². The molecular formula is C17H16ClFN2. The second-order valence-corrected chi connectivity index (χ2v) is 5.45. The maximum atomic E-state index is 14.0. The standard InChI is InChI=1S/C17H16ClFN2/c18-15-5-3-6-16(19)14(15)11-21-10-12(8-9-20)13-4-1-2-7-17(13)21/h1-7,10H,8-9,11,20H2. The normalized spacial score (nSPS) is 11.2. The van der Waals surface area contributed by atoms with Gasteiger partial charge in [0, 0.05) is 27.7 Å². The number of halogens is 2. The van der Waals surface area contributed by atoms with Crippen molar-refractivity contribution in [3.63, 3.8) is 0 Å². The van der Waals surface area contributed by atoms with E-state index in [0.717, 1.165) is 17.3 Å². The molecule has 3 aromatic rings. The first-order valence-electron chi connectivity index (χ1n) is 6.90. The van der Waals surface area contributed by atoms with Crippen molar-refractivity contribution in [2.24, 2.45) is 5.73 Å². The smallest absolute Gasteiger partial charge is 0.129 e. The van der Waals surface area contributed by atoms with Crippen molar-refractivity contribution in [3.05, 3.63) is 70.6 Å². The molecule has 2 aromatic carbocycles. The quantitative estimate of drug-likeness (QED) is 0.776. The maximum Gasteiger partial charge on any atom is 0.129 e. The third-order valence-corrected chi connectivity index (χ3v) is 4.03. The summed E-state index contributed by atoms with van der Waals surface area (Å²) in [6, 6.07) is 12.9. The van der Waals surface area contributed by atoms with Crippen molar-refractivity contribution in [1.82, 2.24) is 4.57 Å². The van der Waals surface area contributed by atoms with Gasteiger partial charge in [-0.05, 0) is 36.7 Å². The molecule has 0 saturated carbocycles. The van der Waals surface area contributed by atoms with Gasteiger partial charge in [0.25, 0.3) is 0 Å². The summed E-state index contributed by atoms with van der Waals surface area (Å²) in [4.78, 5) is 0. The van der Waals surface area contributed by atoms with E-state index in [-0.39, 0.29) is 5.82 Å². The van der Waals surface area contributed by atoms with Crippen LogP contribution >= 0.6 is 11.6 Å². The Morgan fingerprint density at radius 3 is 2.67 bits per heavy atom. The van der Waals surface area contributed by atoms with Gasteiger partial charge in [-0.15, -0.1) is 0 Å². The lowest BCUT2D eigenvalue weighted by molar-refractivity contribution is 0.602. The van der Waals surface area contributed by atoms with E-state index in [1.54, 1.807) is 12.1 Å². The summed E-state index contributed by atoms with van der Waals surface area (Å²) in [5.41, 5.74) is 8.44. The number of benzene rings is 2. The summed E-state index contributed by atoms with van der Waals surface area (Å²) in [6.45, 7) is 1.01. The van der Waals surface area contributed by atoms with Gasteiger partial charge in [0.15, 0.2) is 0 Å². The number of aromatic nitrogens is 1. The van der Waals surface area contributed by atoms with Crippen LogP contribution in [0.15, 0.2) is 48.7 Å². The number of para-hydroxylation sites is 1. The third kappa shape index (κ3) is 2.67. The highest BCUT2D eigenvalue weighted by Gasteiger charge is 2.12. The Hall–Kier alpha value is -1.84. The van der Waals surface area contributed by atoms with Gasteiger partial charge in [-0.25, -0.2) is 4.39 Å². The highest BCUT2D eigenvalue weighted by molar-refractivity contribution is 6.31. The fourth-order valence-electron chi connectivity index (χ4n) is 2.66. The Labute approximate surface area is 127 Å². The molecule has 108 valence electrons. The molecule has 0 aliphatic heterocycles. The van der Waals surface area contributed by atoms with Crippen LogP contribution in [0, 0.1) is 5.82 Å². The Morgan fingerprint density at radius 1 is 1.10 bits per heavy atom. The molecule has 1 aromatic heterocycles. The van der Waals surface area contributed by atoms with Gasteiger partial charge < -0.3 is 10.3 Å². The SMILES string of the molecule is NCCc1cn(Cc2c(F)cccc2Cl)c2ccccc12. The molecule has 0 unspecified atom stereocenters. The molecule has 0 aliphatic rings. The lowest BCUT2D eigenvalue weighted by Gasteiger charge is -2.08. The lowest BCUT2D eigenvalue weighted by Crippen LogP contribution is -2.03. The molecule has 1 heterocycles. The van der Waals surface area contributed by atoms with Crippen LogP contribution in [0.4, 0.5) is 4.39 Å². The highest BCUT2D eigenvalue weighted by Crippen LogP contribution is 2.25. The number of rotatable bonds is 4. The van der Waals surface area contributed by atoms with Crippen LogP contribution in [0.25, 0.3) is 10.9 Å². The van der Waals surface area contributed by atoms with Crippen molar-refractivity contribution >= 4 is 22.5 Å². The summed E-state index contributed by atoms with van der Waals surface area (Å²) in [7, 11) is 0. The van der Waals surface area contributed by atoms with E-state index < -0.39 is 0 Å². The highest BCUT2D eigenvalue weighted by atomic mass is 35.5. The van der Waals surface area contributed by atoms with Crippen LogP contribution in [0.5, 0.6) is 0 Å². The monoisotopic (exact) mass is 302 g/mol. The van der Waals surface area contributed by atoms with E-state index in [4.69, 9.17) is 17.3 Å². The predicted octanol–water partition coefficient (Wildman–Crippen LogP) is 3.98. The van der Waals surface area contributed by atoms with Crippen molar-refractivity contribution in [3.8, 4) is 0 Å². The topological polar surface area (TPSA) is 30.9 Å². The Kier molecular flexibility index (Phi) is 3.95. The molecule has 0 aliphatic carbocycles. The van der Waals surface area contributed by atoms with Gasteiger partial charge in [0.1, 0.15) is 5.82 Å². The van der Waals surface area contributed by atoms with E-state index in [9.17, 15) is 4.39 Å². The molecule has 0 saturated heterocycles. The van der Waals surface area contributed by atoms with E-state index in [1.807, 2.05) is 29.0 Å². The number of hydrogen-bond acceptors (Lipinski definition) is 1. The Bertz CT molecular complexity index is 759. The maximum absolute atomic E-state index is 14.0. The number of nitrogens with zero attached hydrogens (tertiary/aromatic N) is 1. The molecule has 4 heteroatoms. The number of hydrogen-bond donors (Lipinski definition) is 1. The zero-order chi connectivity index (χ0) is 14.8. The minimum atomic E-state index is -0.277. The molecule has 0 spiro atoms. The Balaban J connectivity index is 2.09. The minimum Gasteiger partial charge on any atom is -0.343 e. The molecule has 3 rings (SSSR count). The van der Waals surface area contributed by atoms with Gasteiger partial charge in [0.05, 0.1) is 6.54 Å². The largest absolute Gasteiger partial charge is 0.343 e. The van der Waals surface area contributed by atoms with Crippen molar-refractivity contribution in [1.29, 1.82) is 0 Å². The van der Waals surface area contributed by atoms with Gasteiger partial charge in [-0.1, -0.05) is 35.9 Å². The van der Waals surface area contributed by atoms with Crippen LogP contribution in [0.3, 0.4) is 0 Å². The van der Waals surface area contributed by atoms with E-state index in [0.29, 0.717) is 23.7 Å². The van der Waals surface area contributed by atoms with Crippen LogP contribution in [0.1, 0.15) is 11.1 Å². The first kappa shape index (κ1) is 14.1. The first-order valence-corrected chi connectivity index (χ1v) is 7.28. The summed E-state index contributed by atoms with van der Waals surface area (Å²) >= 11 is 6.13. The number of fused-ring (bicyclic) bond motifs is 1. The van der Waals surface area contributed by atoms with Gasteiger partial charge in [-0.2, -0.15) is 0 Å². The second-order valence-electron chi connectivity index (χ2n) is 5.04. The van der Waals surface area contributed by atoms with Crippen LogP contribution < -0.4 is 5.73 Å². The molecule has 0 atom stereocenters. The van der Waals surface area contributed by atoms with E-state index in [1.165, 1.54) is 11.6 Å². The zero-order valence-corrected chi connectivity index (χ0v) is 12.3.